The van der Waals surface area contributed by atoms with E-state index in [1.54, 1.807) is 0 Å². The lowest BCUT2D eigenvalue weighted by Gasteiger charge is -2.19. The largest absolute Gasteiger partial charge is 0.483 e. The summed E-state index contributed by atoms with van der Waals surface area (Å²) in [6.45, 7) is 10.5. The molecule has 0 saturated carbocycles. The van der Waals surface area contributed by atoms with E-state index in [4.69, 9.17) is 4.74 Å². The van der Waals surface area contributed by atoms with Crippen LogP contribution in [0.3, 0.4) is 0 Å². The lowest BCUT2D eigenvalue weighted by molar-refractivity contribution is -0.118. The number of rotatable bonds is 4. The normalized spacial score (nSPS) is 11.2. The highest BCUT2D eigenvalue weighted by Crippen LogP contribution is 2.23. The predicted molar refractivity (Wildman–Crippen MR) is 95.2 cm³/mol. The molecule has 0 aromatic heterocycles. The molecule has 0 bridgehead atoms. The van der Waals surface area contributed by atoms with E-state index in [-0.39, 0.29) is 17.9 Å². The van der Waals surface area contributed by atoms with Crippen LogP contribution in [0.5, 0.6) is 5.75 Å². The van der Waals surface area contributed by atoms with Crippen molar-refractivity contribution in [3.05, 3.63) is 59.2 Å². The molecule has 3 heteroatoms. The van der Waals surface area contributed by atoms with Crippen LogP contribution >= 0.6 is 0 Å². The number of hydrogen-bond donors (Lipinski definition) is 1. The van der Waals surface area contributed by atoms with Gasteiger partial charge in [-0.2, -0.15) is 0 Å². The minimum absolute atomic E-state index is 0.00488. The molecule has 0 unspecified atom stereocenters. The van der Waals surface area contributed by atoms with Crippen molar-refractivity contribution in [2.75, 3.05) is 11.9 Å². The van der Waals surface area contributed by atoms with Gasteiger partial charge in [0.05, 0.1) is 0 Å². The zero-order valence-corrected chi connectivity index (χ0v) is 14.6. The molecule has 0 aliphatic rings. The van der Waals surface area contributed by atoms with Crippen molar-refractivity contribution in [2.45, 2.75) is 40.0 Å². The van der Waals surface area contributed by atoms with E-state index < -0.39 is 0 Å². The van der Waals surface area contributed by atoms with Crippen LogP contribution < -0.4 is 10.1 Å². The van der Waals surface area contributed by atoms with Gasteiger partial charge in [0.2, 0.25) is 0 Å². The quantitative estimate of drug-likeness (QED) is 0.895. The first-order valence-electron chi connectivity index (χ1n) is 7.86. The molecule has 122 valence electrons. The maximum absolute atomic E-state index is 12.0. The first-order chi connectivity index (χ1) is 10.8. The van der Waals surface area contributed by atoms with Gasteiger partial charge in [0.1, 0.15) is 5.75 Å². The van der Waals surface area contributed by atoms with Crippen molar-refractivity contribution < 1.29 is 9.53 Å². The Bertz CT molecular complexity index is 682. The lowest BCUT2D eigenvalue weighted by Crippen LogP contribution is -2.20. The van der Waals surface area contributed by atoms with Gasteiger partial charge in [-0.25, -0.2) is 0 Å². The molecule has 0 radical (unpaired) electrons. The number of hydrogen-bond acceptors (Lipinski definition) is 2. The average molecular weight is 311 g/mol. The highest BCUT2D eigenvalue weighted by atomic mass is 16.5. The molecule has 0 saturated heterocycles. The molecule has 0 heterocycles. The van der Waals surface area contributed by atoms with Crippen LogP contribution in [0.25, 0.3) is 0 Å². The summed E-state index contributed by atoms with van der Waals surface area (Å²) in [5, 5.41) is 2.86. The van der Waals surface area contributed by atoms with Crippen LogP contribution in [0.1, 0.15) is 37.5 Å². The zero-order chi connectivity index (χ0) is 17.0. The van der Waals surface area contributed by atoms with Gasteiger partial charge in [-0.3, -0.25) is 4.79 Å². The van der Waals surface area contributed by atoms with Gasteiger partial charge in [-0.15, -0.1) is 0 Å². The molecular weight excluding hydrogens is 286 g/mol. The Morgan fingerprint density at radius 3 is 2.26 bits per heavy atom. The number of carbonyl (C=O) groups is 1. The van der Waals surface area contributed by atoms with Gasteiger partial charge in [0.15, 0.2) is 6.61 Å². The first kappa shape index (κ1) is 17.1. The van der Waals surface area contributed by atoms with E-state index in [0.717, 1.165) is 17.0 Å². The van der Waals surface area contributed by atoms with Crippen LogP contribution in [-0.2, 0) is 10.2 Å². The highest BCUT2D eigenvalue weighted by molar-refractivity contribution is 5.91. The fourth-order valence-electron chi connectivity index (χ4n) is 2.36. The molecule has 0 spiro atoms. The van der Waals surface area contributed by atoms with Crippen molar-refractivity contribution in [1.82, 2.24) is 0 Å². The molecule has 2 rings (SSSR count). The zero-order valence-electron chi connectivity index (χ0n) is 14.6. The summed E-state index contributed by atoms with van der Waals surface area (Å²) in [5.74, 6) is 0.585. The minimum atomic E-state index is -0.159. The second-order valence-electron chi connectivity index (χ2n) is 6.93. The Morgan fingerprint density at radius 2 is 1.70 bits per heavy atom. The SMILES string of the molecule is Cc1ccc(OCC(=O)Nc2ccc(C(C)(C)C)cc2)c(C)c1. The second-order valence-corrected chi connectivity index (χ2v) is 6.93. The van der Waals surface area contributed by atoms with E-state index in [1.165, 1.54) is 11.1 Å². The Kier molecular flexibility index (Phi) is 5.09. The first-order valence-corrected chi connectivity index (χ1v) is 7.86. The van der Waals surface area contributed by atoms with Gasteiger partial charge in [-0.05, 0) is 48.6 Å². The van der Waals surface area contributed by atoms with Crippen LogP contribution in [-0.4, -0.2) is 12.5 Å². The van der Waals surface area contributed by atoms with E-state index in [2.05, 4.69) is 26.1 Å². The van der Waals surface area contributed by atoms with Gasteiger partial charge in [0, 0.05) is 5.69 Å². The van der Waals surface area contributed by atoms with Crippen molar-refractivity contribution in [3.8, 4) is 5.75 Å². The summed E-state index contributed by atoms with van der Waals surface area (Å²) in [4.78, 5) is 12.0. The van der Waals surface area contributed by atoms with Gasteiger partial charge in [-0.1, -0.05) is 50.6 Å². The van der Waals surface area contributed by atoms with E-state index in [1.807, 2.05) is 56.3 Å². The number of anilines is 1. The summed E-state index contributed by atoms with van der Waals surface area (Å²) < 4.78 is 5.59. The standard InChI is InChI=1S/C20H25NO2/c1-14-6-11-18(15(2)12-14)23-13-19(22)21-17-9-7-16(8-10-17)20(3,4)5/h6-12H,13H2,1-5H3,(H,21,22). The Balaban J connectivity index is 1.92. The molecule has 3 nitrogen and oxygen atoms in total. The van der Waals surface area contributed by atoms with Crippen molar-refractivity contribution in [2.24, 2.45) is 0 Å². The number of aryl methyl sites for hydroxylation is 2. The number of benzene rings is 2. The third kappa shape index (κ3) is 4.85. The molecule has 2 aromatic carbocycles. The van der Waals surface area contributed by atoms with Gasteiger partial charge < -0.3 is 10.1 Å². The fourth-order valence-corrected chi connectivity index (χ4v) is 2.36. The van der Waals surface area contributed by atoms with Gasteiger partial charge in [0.25, 0.3) is 5.91 Å². The number of nitrogens with one attached hydrogen (secondary N) is 1. The summed E-state index contributed by atoms with van der Waals surface area (Å²) in [5.41, 5.74) is 4.34. The Hall–Kier alpha value is -2.29. The summed E-state index contributed by atoms with van der Waals surface area (Å²) in [7, 11) is 0. The van der Waals surface area contributed by atoms with Crippen LogP contribution in [0.4, 0.5) is 5.69 Å². The van der Waals surface area contributed by atoms with E-state index in [0.29, 0.717) is 0 Å². The second kappa shape index (κ2) is 6.86. The smallest absolute Gasteiger partial charge is 0.262 e. The lowest BCUT2D eigenvalue weighted by atomic mass is 9.87. The van der Waals surface area contributed by atoms with Gasteiger partial charge >= 0.3 is 0 Å². The van der Waals surface area contributed by atoms with Crippen molar-refractivity contribution >= 4 is 11.6 Å². The maximum atomic E-state index is 12.0. The number of carbonyl (C=O) groups excluding carboxylic acids is 1. The van der Waals surface area contributed by atoms with Crippen molar-refractivity contribution in [3.63, 3.8) is 0 Å². The molecule has 2 aromatic rings. The molecular formula is C20H25NO2. The number of ether oxygens (including phenoxy) is 1. The Labute approximate surface area is 138 Å². The molecule has 0 fully saturated rings. The summed E-state index contributed by atoms with van der Waals surface area (Å²) >= 11 is 0. The topological polar surface area (TPSA) is 38.3 Å². The average Bonchev–Trinajstić information content (AvgIpc) is 2.46. The Morgan fingerprint density at radius 1 is 1.04 bits per heavy atom. The maximum Gasteiger partial charge on any atom is 0.262 e. The highest BCUT2D eigenvalue weighted by Gasteiger charge is 2.13. The molecule has 0 atom stereocenters. The number of amides is 1. The van der Waals surface area contributed by atoms with Crippen LogP contribution in [0.15, 0.2) is 42.5 Å². The molecule has 1 N–H and O–H groups in total. The third-order valence-electron chi connectivity index (χ3n) is 3.72. The monoisotopic (exact) mass is 311 g/mol. The van der Waals surface area contributed by atoms with Crippen molar-refractivity contribution in [1.29, 1.82) is 0 Å². The summed E-state index contributed by atoms with van der Waals surface area (Å²) in [6, 6.07) is 13.9. The van der Waals surface area contributed by atoms with Crippen LogP contribution in [0.2, 0.25) is 0 Å². The fraction of sp³-hybridized carbons (Fsp3) is 0.350. The molecule has 1 amide bonds. The van der Waals surface area contributed by atoms with Crippen LogP contribution in [0, 0.1) is 13.8 Å². The van der Waals surface area contributed by atoms with E-state index in [9.17, 15) is 4.79 Å². The molecule has 23 heavy (non-hydrogen) atoms. The summed E-state index contributed by atoms with van der Waals surface area (Å²) in [6.07, 6.45) is 0. The predicted octanol–water partition coefficient (Wildman–Crippen LogP) is 4.62. The molecule has 0 aliphatic carbocycles. The third-order valence-corrected chi connectivity index (χ3v) is 3.72. The van der Waals surface area contributed by atoms with E-state index >= 15 is 0 Å². The minimum Gasteiger partial charge on any atom is -0.483 e. The molecule has 0 aliphatic heterocycles.